The van der Waals surface area contributed by atoms with Crippen LogP contribution in [-0.4, -0.2) is 153 Å². The van der Waals surface area contributed by atoms with Gasteiger partial charge in [-0.2, -0.15) is 20.5 Å². The van der Waals surface area contributed by atoms with Gasteiger partial charge in [-0.3, -0.25) is 47.6 Å². The predicted octanol–water partition coefficient (Wildman–Crippen LogP) is 1.65. The van der Waals surface area contributed by atoms with Gasteiger partial charge < -0.3 is 9.47 Å². The minimum atomic E-state index is -4.41. The Kier molecular flexibility index (Phi) is 14.3. The van der Waals surface area contributed by atoms with Crippen molar-refractivity contribution in [3.8, 4) is 11.1 Å². The molecule has 2 fully saturated rings. The molecular formula is C32H40N10O12S2. The molecule has 2 aromatic rings. The number of barbiturate groups is 2. The van der Waals surface area contributed by atoms with Gasteiger partial charge in [-0.1, -0.05) is 12.1 Å². The molecule has 2 aliphatic rings. The van der Waals surface area contributed by atoms with Crippen LogP contribution >= 0.6 is 0 Å². The third-order valence-corrected chi connectivity index (χ3v) is 10.8. The predicted molar refractivity (Wildman–Crippen MR) is 197 cm³/mol. The van der Waals surface area contributed by atoms with E-state index in [1.165, 1.54) is 72.7 Å². The normalized spacial score (nSPS) is 17.1. The van der Waals surface area contributed by atoms with Crippen LogP contribution in [0.25, 0.3) is 11.1 Å². The molecule has 22 nitrogen and oxygen atoms in total. The van der Waals surface area contributed by atoms with Gasteiger partial charge >= 0.3 is 12.1 Å². The number of azo groups is 2. The van der Waals surface area contributed by atoms with Crippen molar-refractivity contribution in [1.29, 1.82) is 0 Å². The van der Waals surface area contributed by atoms with Gasteiger partial charge in [0.05, 0.1) is 22.0 Å². The number of sulfonamides is 1. The van der Waals surface area contributed by atoms with Crippen molar-refractivity contribution in [3.05, 3.63) is 36.4 Å². The maximum Gasteiger partial charge on any atom is 0.333 e. The maximum atomic E-state index is 13.9. The number of carbonyl (C=O) groups excluding carboxylic acids is 6. The summed E-state index contributed by atoms with van der Waals surface area (Å²) in [6.45, 7) is 0.285. The molecule has 302 valence electrons. The van der Waals surface area contributed by atoms with Crippen LogP contribution in [0.3, 0.4) is 0 Å². The first kappa shape index (κ1) is 43.3. The van der Waals surface area contributed by atoms with Crippen LogP contribution in [0.15, 0.2) is 61.8 Å². The number of benzene rings is 2. The van der Waals surface area contributed by atoms with E-state index in [4.69, 9.17) is 9.47 Å². The van der Waals surface area contributed by atoms with E-state index in [2.05, 4.69) is 25.2 Å². The number of anilines is 1. The highest BCUT2D eigenvalue weighted by Crippen LogP contribution is 2.40. The number of carbonyl (C=O) groups is 6. The molecule has 2 N–H and O–H groups in total. The maximum absolute atomic E-state index is 13.9. The molecule has 2 aliphatic heterocycles. The molecule has 24 heteroatoms. The smallest absolute Gasteiger partial charge is 0.333 e. The molecular weight excluding hydrogens is 781 g/mol. The monoisotopic (exact) mass is 820 g/mol. The standard InChI is InChI=1S/C32H40N10O12S2/c1-38-27(43)25(28(44)39(2)31(38)47)36-34-19-9-11-21(23(17-19)42(55(49)50)14-8-16-54-6)22-12-10-20(18-24(22)56(51,52)33-13-7-15-53-5)35-37-26-29(45)40(3)32(48)41(4)30(26)46/h9-12,17-18,25-26,33H,7-8,13-16H2,1-6H3,(H,49,50). The van der Waals surface area contributed by atoms with E-state index in [0.29, 0.717) is 26.0 Å². The Labute approximate surface area is 323 Å². The van der Waals surface area contributed by atoms with E-state index >= 15 is 0 Å². The zero-order valence-electron chi connectivity index (χ0n) is 31.1. The Morgan fingerprint density at radius 2 is 1.18 bits per heavy atom. The molecule has 4 rings (SSSR count). The number of hydrogen-bond donors (Lipinski definition) is 2. The molecule has 0 aliphatic carbocycles. The first-order valence-corrected chi connectivity index (χ1v) is 19.2. The number of urea groups is 2. The number of rotatable bonds is 17. The summed E-state index contributed by atoms with van der Waals surface area (Å²) in [6, 6.07) is 2.68. The van der Waals surface area contributed by atoms with E-state index in [-0.39, 0.29) is 65.8 Å². The van der Waals surface area contributed by atoms with Gasteiger partial charge in [0.1, 0.15) is 0 Å². The van der Waals surface area contributed by atoms with Crippen LogP contribution in [0.2, 0.25) is 0 Å². The van der Waals surface area contributed by atoms with E-state index in [1.54, 1.807) is 0 Å². The van der Waals surface area contributed by atoms with Crippen LogP contribution in [0.1, 0.15) is 12.8 Å². The minimum Gasteiger partial charge on any atom is -0.385 e. The summed E-state index contributed by atoms with van der Waals surface area (Å²) in [6.07, 6.45) is 0.537. The number of hydrogen-bond acceptors (Lipinski definition) is 15. The van der Waals surface area contributed by atoms with Gasteiger partial charge in [-0.05, 0) is 37.1 Å². The average molecular weight is 821 g/mol. The number of methoxy groups -OCH3 is 2. The lowest BCUT2D eigenvalue weighted by Crippen LogP contribution is -2.58. The van der Waals surface area contributed by atoms with Gasteiger partial charge in [-0.15, -0.1) is 0 Å². The molecule has 0 radical (unpaired) electrons. The molecule has 1 atom stereocenters. The van der Waals surface area contributed by atoms with Gasteiger partial charge in [0.2, 0.25) is 22.1 Å². The van der Waals surface area contributed by atoms with Crippen LogP contribution in [0.4, 0.5) is 26.7 Å². The van der Waals surface area contributed by atoms with E-state index in [9.17, 15) is 45.9 Å². The number of amides is 8. The van der Waals surface area contributed by atoms with Gasteiger partial charge in [0, 0.05) is 79.8 Å². The fourth-order valence-corrected chi connectivity index (χ4v) is 7.31. The minimum absolute atomic E-state index is 0.00171. The number of likely N-dealkylation sites (N-methyl/N-ethyl adjacent to an activating group) is 4. The third-order valence-electron chi connectivity index (χ3n) is 8.49. The fourth-order valence-electron chi connectivity index (χ4n) is 5.39. The van der Waals surface area contributed by atoms with Crippen molar-refractivity contribution in [1.82, 2.24) is 24.3 Å². The number of nitrogens with zero attached hydrogens (tertiary/aromatic N) is 9. The quantitative estimate of drug-likeness (QED) is 0.0999. The number of imide groups is 4. The van der Waals surface area contributed by atoms with Crippen molar-refractivity contribution in [2.75, 3.05) is 73.0 Å². The van der Waals surface area contributed by atoms with Crippen molar-refractivity contribution >= 4 is 74.0 Å². The van der Waals surface area contributed by atoms with Crippen LogP contribution < -0.4 is 9.03 Å². The first-order valence-electron chi connectivity index (χ1n) is 16.6. The van der Waals surface area contributed by atoms with Crippen molar-refractivity contribution in [3.63, 3.8) is 0 Å². The molecule has 0 saturated carbocycles. The molecule has 2 saturated heterocycles. The van der Waals surface area contributed by atoms with Gasteiger partial charge in [0.25, 0.3) is 34.9 Å². The highest BCUT2D eigenvalue weighted by Gasteiger charge is 2.44. The molecule has 0 bridgehead atoms. The Hall–Kier alpha value is -5.40. The van der Waals surface area contributed by atoms with Crippen molar-refractivity contribution in [2.45, 2.75) is 29.8 Å². The second-order valence-electron chi connectivity index (χ2n) is 12.2. The molecule has 1 unspecified atom stereocenters. The highest BCUT2D eigenvalue weighted by atomic mass is 32.2. The molecule has 56 heavy (non-hydrogen) atoms. The molecule has 2 heterocycles. The highest BCUT2D eigenvalue weighted by molar-refractivity contribution is 7.89. The zero-order chi connectivity index (χ0) is 41.5. The Morgan fingerprint density at radius 3 is 1.64 bits per heavy atom. The Bertz CT molecular complexity index is 2050. The second-order valence-corrected chi connectivity index (χ2v) is 14.8. The zero-order valence-corrected chi connectivity index (χ0v) is 32.8. The lowest BCUT2D eigenvalue weighted by atomic mass is 10.0. The first-order chi connectivity index (χ1) is 26.5. The largest absolute Gasteiger partial charge is 0.385 e. The topological polar surface area (TPSA) is 270 Å². The van der Waals surface area contributed by atoms with E-state index in [1.807, 2.05) is 0 Å². The molecule has 0 spiro atoms. The summed E-state index contributed by atoms with van der Waals surface area (Å²) in [5, 5.41) is 15.7. The average Bonchev–Trinajstić information content (AvgIpc) is 3.18. The van der Waals surface area contributed by atoms with Crippen molar-refractivity contribution < 1.29 is 55.4 Å². The summed E-state index contributed by atoms with van der Waals surface area (Å²) in [4.78, 5) is 77.6. The molecule has 8 amide bonds. The molecule has 0 aromatic heterocycles. The summed E-state index contributed by atoms with van der Waals surface area (Å²) >= 11 is -2.71. The number of nitrogens with one attached hydrogen (secondary N) is 1. The van der Waals surface area contributed by atoms with Crippen LogP contribution in [0.5, 0.6) is 0 Å². The van der Waals surface area contributed by atoms with Crippen molar-refractivity contribution in [2.24, 2.45) is 20.5 Å². The fraction of sp³-hybridized carbons (Fsp3) is 0.438. The Balaban J connectivity index is 1.87. The third kappa shape index (κ3) is 9.34. The lowest BCUT2D eigenvalue weighted by molar-refractivity contribution is -0.144. The Morgan fingerprint density at radius 1 is 0.732 bits per heavy atom. The SMILES string of the molecule is COCCCNS(=O)(=O)c1cc(N=NC2C(=O)N(C)C(=O)N(C)C2=O)ccc1-c1ccc(N=NC2C(=O)N(C)C(=O)N(C)C2=O)cc1N(CCCOC)S(=O)O. The van der Waals surface area contributed by atoms with Gasteiger partial charge in [0.15, 0.2) is 0 Å². The summed E-state index contributed by atoms with van der Waals surface area (Å²) in [5.41, 5.74) is -0.0596. The lowest BCUT2D eigenvalue weighted by Gasteiger charge is -2.30. The molecule has 2 aromatic carbocycles. The van der Waals surface area contributed by atoms with Gasteiger partial charge in [-0.25, -0.2) is 26.9 Å². The van der Waals surface area contributed by atoms with E-state index in [0.717, 1.165) is 10.4 Å². The summed E-state index contributed by atoms with van der Waals surface area (Å²) < 4.78 is 64.8. The van der Waals surface area contributed by atoms with E-state index < -0.39 is 69.1 Å². The van der Waals surface area contributed by atoms with Crippen LogP contribution in [0, 0.1) is 0 Å². The van der Waals surface area contributed by atoms with Crippen LogP contribution in [-0.2, 0) is 49.9 Å². The number of ether oxygens (including phenoxy) is 2. The summed E-state index contributed by atoms with van der Waals surface area (Å²) in [7, 11) is 3.17. The second kappa shape index (κ2) is 18.5. The summed E-state index contributed by atoms with van der Waals surface area (Å²) in [5.74, 6) is -3.73.